The van der Waals surface area contributed by atoms with Gasteiger partial charge in [0.25, 0.3) is 0 Å². The van der Waals surface area contributed by atoms with E-state index in [1.807, 2.05) is 13.8 Å². The number of hydrogen-bond donors (Lipinski definition) is 2. The van der Waals surface area contributed by atoms with E-state index < -0.39 is 5.82 Å². The Kier molecular flexibility index (Phi) is 5.61. The number of benzene rings is 1. The molecule has 0 saturated carbocycles. The van der Waals surface area contributed by atoms with Crippen molar-refractivity contribution >= 4 is 12.4 Å². The van der Waals surface area contributed by atoms with Gasteiger partial charge in [0.1, 0.15) is 0 Å². The number of nitrogens with two attached hydrogens (primary N) is 1. The van der Waals surface area contributed by atoms with Gasteiger partial charge in [0, 0.05) is 11.6 Å². The summed E-state index contributed by atoms with van der Waals surface area (Å²) in [7, 11) is 0. The van der Waals surface area contributed by atoms with Crippen LogP contribution in [0.25, 0.3) is 0 Å². The summed E-state index contributed by atoms with van der Waals surface area (Å²) in [6.45, 7) is 3.83. The molecule has 0 aliphatic carbocycles. The molecule has 3 N–H and O–H groups in total. The summed E-state index contributed by atoms with van der Waals surface area (Å²) in [5.41, 5.74) is 7.22. The standard InChI is InChI=1S/C11H16FNO.ClH/c1-3-4-9(13)10-7(2)5-6-8(12)11(10)14;/h5-6,9,14H,3-4,13H2,1-2H3;1H/t9-;/m0./s1. The number of halogens is 2. The maximum atomic E-state index is 13.1. The molecule has 0 radical (unpaired) electrons. The fourth-order valence-electron chi connectivity index (χ4n) is 1.61. The number of aromatic hydroxyl groups is 1. The van der Waals surface area contributed by atoms with Crippen LogP contribution in [0.4, 0.5) is 4.39 Å². The number of phenols is 1. The second kappa shape index (κ2) is 5.93. The summed E-state index contributed by atoms with van der Waals surface area (Å²) in [5, 5.41) is 9.52. The van der Waals surface area contributed by atoms with Crippen LogP contribution in [0.2, 0.25) is 0 Å². The van der Waals surface area contributed by atoms with Crippen molar-refractivity contribution < 1.29 is 9.50 Å². The maximum Gasteiger partial charge on any atom is 0.165 e. The molecule has 0 aliphatic rings. The monoisotopic (exact) mass is 233 g/mol. The molecule has 4 heteroatoms. The normalized spacial score (nSPS) is 12.0. The summed E-state index contributed by atoms with van der Waals surface area (Å²) < 4.78 is 13.1. The molecule has 0 aliphatic heterocycles. The Hall–Kier alpha value is -0.800. The molecule has 0 heterocycles. The van der Waals surface area contributed by atoms with Crippen molar-refractivity contribution in [2.24, 2.45) is 5.73 Å². The van der Waals surface area contributed by atoms with Crippen LogP contribution in [0.15, 0.2) is 12.1 Å². The van der Waals surface area contributed by atoms with E-state index in [0.29, 0.717) is 5.56 Å². The zero-order valence-electron chi connectivity index (χ0n) is 8.96. The molecular weight excluding hydrogens is 217 g/mol. The lowest BCUT2D eigenvalue weighted by atomic mass is 9.97. The SMILES string of the molecule is CCC[C@H](N)c1c(C)ccc(F)c1O.Cl. The highest BCUT2D eigenvalue weighted by Gasteiger charge is 2.15. The lowest BCUT2D eigenvalue weighted by Gasteiger charge is -2.15. The van der Waals surface area contributed by atoms with E-state index in [2.05, 4.69) is 0 Å². The predicted molar refractivity (Wildman–Crippen MR) is 61.9 cm³/mol. The smallest absolute Gasteiger partial charge is 0.165 e. The Morgan fingerprint density at radius 2 is 2.07 bits per heavy atom. The van der Waals surface area contributed by atoms with E-state index in [9.17, 15) is 9.50 Å². The van der Waals surface area contributed by atoms with E-state index >= 15 is 0 Å². The Morgan fingerprint density at radius 3 is 2.60 bits per heavy atom. The van der Waals surface area contributed by atoms with Crippen molar-refractivity contribution in [2.45, 2.75) is 32.7 Å². The largest absolute Gasteiger partial charge is 0.505 e. The minimum atomic E-state index is -0.600. The van der Waals surface area contributed by atoms with Crippen LogP contribution in [-0.4, -0.2) is 5.11 Å². The Bertz CT molecular complexity index is 331. The molecule has 0 saturated heterocycles. The third-order valence-corrected chi connectivity index (χ3v) is 2.36. The van der Waals surface area contributed by atoms with Gasteiger partial charge in [-0.15, -0.1) is 12.4 Å². The van der Waals surface area contributed by atoms with Gasteiger partial charge in [-0.25, -0.2) is 4.39 Å². The van der Waals surface area contributed by atoms with Crippen molar-refractivity contribution in [2.75, 3.05) is 0 Å². The van der Waals surface area contributed by atoms with Crippen molar-refractivity contribution in [1.82, 2.24) is 0 Å². The molecule has 0 aromatic heterocycles. The first-order valence-corrected chi connectivity index (χ1v) is 4.81. The van der Waals surface area contributed by atoms with Crippen LogP contribution >= 0.6 is 12.4 Å². The zero-order chi connectivity index (χ0) is 10.7. The number of hydrogen-bond acceptors (Lipinski definition) is 2. The third-order valence-electron chi connectivity index (χ3n) is 2.36. The average molecular weight is 234 g/mol. The molecular formula is C11H17ClFNO. The molecule has 0 bridgehead atoms. The average Bonchev–Trinajstić information content (AvgIpc) is 2.13. The summed E-state index contributed by atoms with van der Waals surface area (Å²) in [6, 6.07) is 2.61. The van der Waals surface area contributed by atoms with E-state index in [0.717, 1.165) is 18.4 Å². The van der Waals surface area contributed by atoms with Gasteiger partial charge in [0.2, 0.25) is 0 Å². The van der Waals surface area contributed by atoms with Gasteiger partial charge < -0.3 is 10.8 Å². The van der Waals surface area contributed by atoms with Crippen LogP contribution in [0.3, 0.4) is 0 Å². The van der Waals surface area contributed by atoms with Gasteiger partial charge >= 0.3 is 0 Å². The second-order valence-electron chi connectivity index (χ2n) is 3.52. The second-order valence-corrected chi connectivity index (χ2v) is 3.52. The molecule has 1 aromatic rings. The molecule has 15 heavy (non-hydrogen) atoms. The van der Waals surface area contributed by atoms with E-state index in [1.165, 1.54) is 6.07 Å². The number of aryl methyl sites for hydroxylation is 1. The first kappa shape index (κ1) is 14.2. The number of rotatable bonds is 3. The molecule has 1 rings (SSSR count). The topological polar surface area (TPSA) is 46.2 Å². The predicted octanol–water partition coefficient (Wildman–Crippen LogP) is 3.06. The van der Waals surface area contributed by atoms with Gasteiger partial charge in [-0.05, 0) is 25.0 Å². The van der Waals surface area contributed by atoms with Crippen molar-refractivity contribution in [3.05, 3.63) is 29.1 Å². The zero-order valence-corrected chi connectivity index (χ0v) is 9.77. The summed E-state index contributed by atoms with van der Waals surface area (Å²) in [6.07, 6.45) is 1.66. The fourth-order valence-corrected chi connectivity index (χ4v) is 1.61. The van der Waals surface area contributed by atoms with Crippen LogP contribution in [0, 0.1) is 12.7 Å². The molecule has 0 fully saturated rings. The minimum Gasteiger partial charge on any atom is -0.505 e. The van der Waals surface area contributed by atoms with Crippen LogP contribution in [0.1, 0.15) is 36.9 Å². The van der Waals surface area contributed by atoms with Crippen molar-refractivity contribution in [3.63, 3.8) is 0 Å². The maximum absolute atomic E-state index is 13.1. The molecule has 1 atom stereocenters. The van der Waals surface area contributed by atoms with Crippen molar-refractivity contribution in [3.8, 4) is 5.75 Å². The lowest BCUT2D eigenvalue weighted by Crippen LogP contribution is -2.12. The minimum absolute atomic E-state index is 0. The van der Waals surface area contributed by atoms with Gasteiger partial charge in [0.15, 0.2) is 11.6 Å². The molecule has 0 amide bonds. The van der Waals surface area contributed by atoms with E-state index in [-0.39, 0.29) is 24.2 Å². The Labute approximate surface area is 95.7 Å². The van der Waals surface area contributed by atoms with Crippen molar-refractivity contribution in [1.29, 1.82) is 0 Å². The summed E-state index contributed by atoms with van der Waals surface area (Å²) in [4.78, 5) is 0. The van der Waals surface area contributed by atoms with Gasteiger partial charge in [-0.3, -0.25) is 0 Å². The summed E-state index contributed by atoms with van der Waals surface area (Å²) >= 11 is 0. The third kappa shape index (κ3) is 3.08. The van der Waals surface area contributed by atoms with E-state index in [4.69, 9.17) is 5.73 Å². The van der Waals surface area contributed by atoms with Crippen LogP contribution in [0.5, 0.6) is 5.75 Å². The highest BCUT2D eigenvalue weighted by atomic mass is 35.5. The molecule has 0 spiro atoms. The molecule has 0 unspecified atom stereocenters. The highest BCUT2D eigenvalue weighted by molar-refractivity contribution is 5.85. The first-order chi connectivity index (χ1) is 6.57. The van der Waals surface area contributed by atoms with Gasteiger partial charge in [0.05, 0.1) is 0 Å². The number of phenolic OH excluding ortho intramolecular Hbond substituents is 1. The molecule has 86 valence electrons. The van der Waals surface area contributed by atoms with Crippen LogP contribution < -0.4 is 5.73 Å². The Balaban J connectivity index is 0.00000196. The summed E-state index contributed by atoms with van der Waals surface area (Å²) in [5.74, 6) is -0.900. The molecule has 1 aromatic carbocycles. The highest BCUT2D eigenvalue weighted by Crippen LogP contribution is 2.30. The van der Waals surface area contributed by atoms with Gasteiger partial charge in [-0.1, -0.05) is 19.4 Å². The molecule has 2 nitrogen and oxygen atoms in total. The van der Waals surface area contributed by atoms with E-state index in [1.54, 1.807) is 6.07 Å². The lowest BCUT2D eigenvalue weighted by molar-refractivity contribution is 0.417. The van der Waals surface area contributed by atoms with Gasteiger partial charge in [-0.2, -0.15) is 0 Å². The quantitative estimate of drug-likeness (QED) is 0.843. The first-order valence-electron chi connectivity index (χ1n) is 4.81. The fraction of sp³-hybridized carbons (Fsp3) is 0.455. The van der Waals surface area contributed by atoms with Crippen LogP contribution in [-0.2, 0) is 0 Å². The Morgan fingerprint density at radius 1 is 1.47 bits per heavy atom.